The topological polar surface area (TPSA) is 65.7 Å². The lowest BCUT2D eigenvalue weighted by molar-refractivity contribution is -0.149. The van der Waals surface area contributed by atoms with Gasteiger partial charge in [-0.05, 0) is 38.5 Å². The van der Waals surface area contributed by atoms with Crippen molar-refractivity contribution in [2.75, 3.05) is 6.61 Å². The van der Waals surface area contributed by atoms with Gasteiger partial charge < -0.3 is 13.9 Å². The molecule has 3 rings (SSSR count). The summed E-state index contributed by atoms with van der Waals surface area (Å²) in [4.78, 5) is 24.5. The molecule has 0 N–H and O–H groups in total. The molecule has 0 bridgehead atoms. The minimum Gasteiger partial charge on any atom is -0.482 e. The summed E-state index contributed by atoms with van der Waals surface area (Å²) in [7, 11) is 0. The maximum absolute atomic E-state index is 12.9. The summed E-state index contributed by atoms with van der Waals surface area (Å²) in [6.07, 6.45) is -0.195. The van der Waals surface area contributed by atoms with Crippen molar-refractivity contribution in [1.82, 2.24) is 0 Å². The molecule has 0 amide bonds. The molecule has 0 saturated carbocycles. The monoisotopic (exact) mass is 352 g/mol. The van der Waals surface area contributed by atoms with Gasteiger partial charge in [-0.15, -0.1) is 0 Å². The molecule has 1 aromatic heterocycles. The standard InChI is InChI=1S/C21H20O5/c1-13(2)25-19(22)12-24-16-9-10-17-18(11-16)26-14(3)20(21(17)23)15-7-5-4-6-8-15/h4-11,13H,12H2,1-3H3. The van der Waals surface area contributed by atoms with Crippen molar-refractivity contribution in [1.29, 1.82) is 0 Å². The van der Waals surface area contributed by atoms with Gasteiger partial charge in [0, 0.05) is 6.07 Å². The number of esters is 1. The molecule has 0 aliphatic carbocycles. The predicted molar refractivity (Wildman–Crippen MR) is 99.4 cm³/mol. The van der Waals surface area contributed by atoms with Crippen molar-refractivity contribution < 1.29 is 18.7 Å². The van der Waals surface area contributed by atoms with E-state index >= 15 is 0 Å². The summed E-state index contributed by atoms with van der Waals surface area (Å²) in [6.45, 7) is 5.11. The van der Waals surface area contributed by atoms with Crippen LogP contribution in [0.2, 0.25) is 0 Å². The molecular formula is C21H20O5. The van der Waals surface area contributed by atoms with E-state index in [4.69, 9.17) is 13.9 Å². The molecule has 0 saturated heterocycles. The minimum atomic E-state index is -0.447. The summed E-state index contributed by atoms with van der Waals surface area (Å²) in [6, 6.07) is 14.3. The van der Waals surface area contributed by atoms with Gasteiger partial charge in [-0.25, -0.2) is 4.79 Å². The van der Waals surface area contributed by atoms with Crippen LogP contribution < -0.4 is 10.2 Å². The minimum absolute atomic E-state index is 0.0966. The van der Waals surface area contributed by atoms with Gasteiger partial charge in [-0.3, -0.25) is 4.79 Å². The smallest absolute Gasteiger partial charge is 0.344 e. The second-order valence-corrected chi connectivity index (χ2v) is 6.21. The molecule has 5 nitrogen and oxygen atoms in total. The van der Waals surface area contributed by atoms with Gasteiger partial charge in [-0.2, -0.15) is 0 Å². The van der Waals surface area contributed by atoms with Crippen molar-refractivity contribution in [3.8, 4) is 16.9 Å². The summed E-state index contributed by atoms with van der Waals surface area (Å²) < 4.78 is 16.3. The Bertz CT molecular complexity index is 986. The lowest BCUT2D eigenvalue weighted by Crippen LogP contribution is -2.18. The molecule has 26 heavy (non-hydrogen) atoms. The van der Waals surface area contributed by atoms with Gasteiger partial charge in [0.05, 0.1) is 17.1 Å². The average Bonchev–Trinajstić information content (AvgIpc) is 2.60. The average molecular weight is 352 g/mol. The third-order valence-electron chi connectivity index (χ3n) is 3.83. The fourth-order valence-corrected chi connectivity index (χ4v) is 2.75. The summed E-state index contributed by atoms with van der Waals surface area (Å²) in [5.41, 5.74) is 1.69. The fourth-order valence-electron chi connectivity index (χ4n) is 2.75. The van der Waals surface area contributed by atoms with Crippen LogP contribution in [0.25, 0.3) is 22.1 Å². The molecule has 5 heteroatoms. The van der Waals surface area contributed by atoms with Crippen LogP contribution in [0.1, 0.15) is 19.6 Å². The Morgan fingerprint density at radius 3 is 2.54 bits per heavy atom. The highest BCUT2D eigenvalue weighted by atomic mass is 16.6. The highest BCUT2D eigenvalue weighted by Gasteiger charge is 2.14. The maximum atomic E-state index is 12.9. The molecular weight excluding hydrogens is 332 g/mol. The third-order valence-corrected chi connectivity index (χ3v) is 3.83. The van der Waals surface area contributed by atoms with E-state index in [1.165, 1.54) is 0 Å². The lowest BCUT2D eigenvalue weighted by atomic mass is 10.0. The van der Waals surface area contributed by atoms with Crippen LogP contribution in [0.3, 0.4) is 0 Å². The van der Waals surface area contributed by atoms with Crippen molar-refractivity contribution in [2.45, 2.75) is 26.9 Å². The number of carbonyl (C=O) groups is 1. The van der Waals surface area contributed by atoms with Crippen molar-refractivity contribution in [2.24, 2.45) is 0 Å². The first-order valence-electron chi connectivity index (χ1n) is 8.41. The van der Waals surface area contributed by atoms with Gasteiger partial charge in [0.2, 0.25) is 5.43 Å². The summed E-state index contributed by atoms with van der Waals surface area (Å²) in [5, 5.41) is 0.464. The van der Waals surface area contributed by atoms with Gasteiger partial charge >= 0.3 is 5.97 Å². The highest BCUT2D eigenvalue weighted by molar-refractivity contribution is 5.83. The first-order valence-corrected chi connectivity index (χ1v) is 8.41. The van der Waals surface area contributed by atoms with Crippen LogP contribution in [-0.2, 0) is 9.53 Å². The number of carbonyl (C=O) groups excluding carboxylic acids is 1. The van der Waals surface area contributed by atoms with Gasteiger partial charge in [0.15, 0.2) is 6.61 Å². The molecule has 0 atom stereocenters. The molecule has 0 radical (unpaired) electrons. The Morgan fingerprint density at radius 2 is 1.85 bits per heavy atom. The second kappa shape index (κ2) is 7.44. The molecule has 0 unspecified atom stereocenters. The highest BCUT2D eigenvalue weighted by Crippen LogP contribution is 2.26. The number of hydrogen-bond donors (Lipinski definition) is 0. The summed E-state index contributed by atoms with van der Waals surface area (Å²) >= 11 is 0. The van der Waals surface area contributed by atoms with Crippen molar-refractivity contribution >= 4 is 16.9 Å². The third kappa shape index (κ3) is 3.77. The quantitative estimate of drug-likeness (QED) is 0.647. The van der Waals surface area contributed by atoms with E-state index in [2.05, 4.69) is 0 Å². The molecule has 3 aromatic rings. The first-order chi connectivity index (χ1) is 12.5. The molecule has 2 aromatic carbocycles. The van der Waals surface area contributed by atoms with Crippen LogP contribution in [0.4, 0.5) is 0 Å². The Hall–Kier alpha value is -3.08. The van der Waals surface area contributed by atoms with Crippen LogP contribution in [0.15, 0.2) is 57.7 Å². The van der Waals surface area contributed by atoms with Crippen LogP contribution in [0.5, 0.6) is 5.75 Å². The molecule has 0 aliphatic rings. The second-order valence-electron chi connectivity index (χ2n) is 6.21. The first kappa shape index (κ1) is 17.7. The van der Waals surface area contributed by atoms with E-state index in [0.717, 1.165) is 5.56 Å². The fraction of sp³-hybridized carbons (Fsp3) is 0.238. The zero-order chi connectivity index (χ0) is 18.7. The predicted octanol–water partition coefficient (Wildman–Crippen LogP) is 4.10. The molecule has 0 aliphatic heterocycles. The van der Waals surface area contributed by atoms with Crippen LogP contribution in [0, 0.1) is 6.92 Å². The van der Waals surface area contributed by atoms with Gasteiger partial charge in [-0.1, -0.05) is 30.3 Å². The number of rotatable bonds is 5. The lowest BCUT2D eigenvalue weighted by Gasteiger charge is -2.10. The zero-order valence-electron chi connectivity index (χ0n) is 14.9. The normalized spacial score (nSPS) is 10.9. The maximum Gasteiger partial charge on any atom is 0.344 e. The number of aryl methyl sites for hydroxylation is 1. The summed E-state index contributed by atoms with van der Waals surface area (Å²) in [5.74, 6) is 0.524. The van der Waals surface area contributed by atoms with Crippen molar-refractivity contribution in [3.63, 3.8) is 0 Å². The largest absolute Gasteiger partial charge is 0.482 e. The molecule has 0 fully saturated rings. The molecule has 134 valence electrons. The van der Waals surface area contributed by atoms with E-state index in [9.17, 15) is 9.59 Å². The number of fused-ring (bicyclic) bond motifs is 1. The Balaban J connectivity index is 1.92. The van der Waals surface area contributed by atoms with Crippen molar-refractivity contribution in [3.05, 3.63) is 64.5 Å². The Kier molecular flexibility index (Phi) is 5.07. The SMILES string of the molecule is Cc1oc2cc(OCC(=O)OC(C)C)ccc2c(=O)c1-c1ccccc1. The zero-order valence-corrected chi connectivity index (χ0v) is 14.9. The van der Waals surface area contributed by atoms with E-state index in [1.807, 2.05) is 30.3 Å². The Labute approximate surface area is 151 Å². The van der Waals surface area contributed by atoms with Crippen LogP contribution >= 0.6 is 0 Å². The molecule has 0 spiro atoms. The van der Waals surface area contributed by atoms with E-state index in [-0.39, 0.29) is 18.1 Å². The number of hydrogen-bond acceptors (Lipinski definition) is 5. The van der Waals surface area contributed by atoms with Gasteiger partial charge in [0.25, 0.3) is 0 Å². The van der Waals surface area contributed by atoms with Crippen LogP contribution in [-0.4, -0.2) is 18.7 Å². The number of benzene rings is 2. The van der Waals surface area contributed by atoms with E-state index in [0.29, 0.717) is 28.0 Å². The number of ether oxygens (including phenoxy) is 2. The Morgan fingerprint density at radius 1 is 1.12 bits per heavy atom. The van der Waals surface area contributed by atoms with E-state index in [1.54, 1.807) is 39.0 Å². The molecule has 1 heterocycles. The van der Waals surface area contributed by atoms with E-state index < -0.39 is 5.97 Å². The van der Waals surface area contributed by atoms with Gasteiger partial charge in [0.1, 0.15) is 17.1 Å².